The van der Waals surface area contributed by atoms with Gasteiger partial charge in [-0.2, -0.15) is 13.2 Å². The number of hydrogen-bond acceptors (Lipinski definition) is 1. The van der Waals surface area contributed by atoms with E-state index in [1.807, 2.05) is 0 Å². The van der Waals surface area contributed by atoms with Gasteiger partial charge in [0.05, 0.1) is 0 Å². The van der Waals surface area contributed by atoms with Gasteiger partial charge >= 0.3 is 12.1 Å². The predicted molar refractivity (Wildman–Crippen MR) is 47.3 cm³/mol. The zero-order valence-corrected chi connectivity index (χ0v) is 8.31. The van der Waals surface area contributed by atoms with E-state index < -0.39 is 35.8 Å². The molecule has 0 saturated carbocycles. The molecular formula is C10H7F5O2. The minimum absolute atomic E-state index is 0.129. The molecule has 0 atom stereocenters. The number of benzene rings is 1. The third-order valence-electron chi connectivity index (χ3n) is 2.01. The smallest absolute Gasteiger partial charge is 0.422 e. The van der Waals surface area contributed by atoms with Crippen molar-refractivity contribution in [2.24, 2.45) is 0 Å². The van der Waals surface area contributed by atoms with Crippen LogP contribution in [0.25, 0.3) is 0 Å². The van der Waals surface area contributed by atoms with Crippen molar-refractivity contribution in [1.82, 2.24) is 0 Å². The van der Waals surface area contributed by atoms with Crippen LogP contribution in [0, 0.1) is 11.6 Å². The molecule has 1 N–H and O–H groups in total. The van der Waals surface area contributed by atoms with Gasteiger partial charge in [0.2, 0.25) is 0 Å². The molecule has 0 aliphatic heterocycles. The molecular weight excluding hydrogens is 247 g/mol. The Morgan fingerprint density at radius 1 is 1.18 bits per heavy atom. The topological polar surface area (TPSA) is 37.3 Å². The van der Waals surface area contributed by atoms with Crippen LogP contribution < -0.4 is 0 Å². The van der Waals surface area contributed by atoms with E-state index in [1.54, 1.807) is 0 Å². The molecule has 17 heavy (non-hydrogen) atoms. The fourth-order valence-corrected chi connectivity index (χ4v) is 1.29. The maximum atomic E-state index is 13.0. The molecule has 0 aliphatic carbocycles. The van der Waals surface area contributed by atoms with E-state index in [9.17, 15) is 26.7 Å². The van der Waals surface area contributed by atoms with Gasteiger partial charge in [0, 0.05) is 6.42 Å². The summed E-state index contributed by atoms with van der Waals surface area (Å²) < 4.78 is 62.6. The van der Waals surface area contributed by atoms with Gasteiger partial charge in [-0.1, -0.05) is 0 Å². The molecule has 1 aromatic rings. The lowest BCUT2D eigenvalue weighted by Gasteiger charge is -2.10. The number of aryl methyl sites for hydroxylation is 1. The van der Waals surface area contributed by atoms with Crippen LogP contribution >= 0.6 is 0 Å². The summed E-state index contributed by atoms with van der Waals surface area (Å²) in [7, 11) is 0. The van der Waals surface area contributed by atoms with Crippen molar-refractivity contribution < 1.29 is 31.9 Å². The van der Waals surface area contributed by atoms with Crippen molar-refractivity contribution >= 4 is 5.97 Å². The maximum absolute atomic E-state index is 13.0. The van der Waals surface area contributed by atoms with E-state index in [-0.39, 0.29) is 12.0 Å². The molecule has 0 aromatic heterocycles. The Labute approximate surface area is 92.7 Å². The predicted octanol–water partition coefficient (Wildman–Crippen LogP) is 3.00. The third-order valence-corrected chi connectivity index (χ3v) is 2.01. The van der Waals surface area contributed by atoms with Crippen molar-refractivity contribution in [2.75, 3.05) is 0 Å². The van der Waals surface area contributed by atoms with Crippen LogP contribution in [0.4, 0.5) is 22.0 Å². The number of hydrogen-bond donors (Lipinski definition) is 1. The second-order valence-electron chi connectivity index (χ2n) is 3.33. The van der Waals surface area contributed by atoms with Crippen molar-refractivity contribution in [3.05, 3.63) is 34.9 Å². The Bertz CT molecular complexity index is 416. The SMILES string of the molecule is O=C(O)CCc1cc(F)c(C(F)(F)F)c(F)c1. The van der Waals surface area contributed by atoms with Crippen LogP contribution in [-0.2, 0) is 17.4 Å². The zero-order chi connectivity index (χ0) is 13.2. The summed E-state index contributed by atoms with van der Waals surface area (Å²) in [5.41, 5.74) is -2.09. The van der Waals surface area contributed by atoms with Crippen molar-refractivity contribution in [3.63, 3.8) is 0 Å². The lowest BCUT2D eigenvalue weighted by Crippen LogP contribution is -2.12. The highest BCUT2D eigenvalue weighted by molar-refractivity contribution is 5.67. The Balaban J connectivity index is 3.06. The van der Waals surface area contributed by atoms with Gasteiger partial charge in [-0.3, -0.25) is 4.79 Å². The average molecular weight is 254 g/mol. The standard InChI is InChI=1S/C10H7F5O2/c11-6-3-5(1-2-8(16)17)4-7(12)9(6)10(13,14)15/h3-4H,1-2H2,(H,16,17). The van der Waals surface area contributed by atoms with Gasteiger partial charge in [-0.15, -0.1) is 0 Å². The second kappa shape index (κ2) is 4.68. The van der Waals surface area contributed by atoms with Crippen LogP contribution in [-0.4, -0.2) is 11.1 Å². The molecule has 0 aliphatic rings. The summed E-state index contributed by atoms with van der Waals surface area (Å²) in [5, 5.41) is 8.33. The first-order chi connectivity index (χ1) is 7.71. The third kappa shape index (κ3) is 3.40. The first-order valence-corrected chi connectivity index (χ1v) is 4.48. The molecule has 0 spiro atoms. The van der Waals surface area contributed by atoms with Gasteiger partial charge in [-0.25, -0.2) is 8.78 Å². The van der Waals surface area contributed by atoms with Gasteiger partial charge in [0.15, 0.2) is 0 Å². The highest BCUT2D eigenvalue weighted by atomic mass is 19.4. The van der Waals surface area contributed by atoms with E-state index >= 15 is 0 Å². The largest absolute Gasteiger partial charge is 0.481 e. The Morgan fingerprint density at radius 2 is 1.65 bits per heavy atom. The van der Waals surface area contributed by atoms with Crippen molar-refractivity contribution in [3.8, 4) is 0 Å². The summed E-state index contributed by atoms with van der Waals surface area (Å²) in [5.74, 6) is -4.68. The molecule has 0 saturated heterocycles. The number of carboxylic acid groups (broad SMARTS) is 1. The maximum Gasteiger partial charge on any atom is 0.422 e. The lowest BCUT2D eigenvalue weighted by molar-refractivity contribution is -0.142. The first kappa shape index (κ1) is 13.4. The van der Waals surface area contributed by atoms with Crippen LogP contribution in [0.2, 0.25) is 0 Å². The fourth-order valence-electron chi connectivity index (χ4n) is 1.29. The molecule has 0 radical (unpaired) electrons. The van der Waals surface area contributed by atoms with E-state index in [4.69, 9.17) is 5.11 Å². The average Bonchev–Trinajstić information content (AvgIpc) is 2.11. The molecule has 2 nitrogen and oxygen atoms in total. The van der Waals surface area contributed by atoms with E-state index in [0.717, 1.165) is 0 Å². The quantitative estimate of drug-likeness (QED) is 0.842. The molecule has 0 unspecified atom stereocenters. The van der Waals surface area contributed by atoms with Crippen LogP contribution in [0.15, 0.2) is 12.1 Å². The highest BCUT2D eigenvalue weighted by Gasteiger charge is 2.37. The molecule has 0 heterocycles. The monoisotopic (exact) mass is 254 g/mol. The number of rotatable bonds is 3. The number of carboxylic acids is 1. The fraction of sp³-hybridized carbons (Fsp3) is 0.300. The Hall–Kier alpha value is -1.66. The normalized spacial score (nSPS) is 11.6. The zero-order valence-electron chi connectivity index (χ0n) is 8.31. The first-order valence-electron chi connectivity index (χ1n) is 4.48. The molecule has 0 amide bonds. The van der Waals surface area contributed by atoms with E-state index in [1.165, 1.54) is 0 Å². The van der Waals surface area contributed by atoms with Gasteiger partial charge in [0.25, 0.3) is 0 Å². The molecule has 0 bridgehead atoms. The van der Waals surface area contributed by atoms with Crippen molar-refractivity contribution in [2.45, 2.75) is 19.0 Å². The number of aliphatic carboxylic acids is 1. The lowest BCUT2D eigenvalue weighted by atomic mass is 10.1. The minimum Gasteiger partial charge on any atom is -0.481 e. The van der Waals surface area contributed by atoms with Gasteiger partial charge < -0.3 is 5.11 Å². The second-order valence-corrected chi connectivity index (χ2v) is 3.33. The van der Waals surface area contributed by atoms with Gasteiger partial charge in [0.1, 0.15) is 17.2 Å². The molecule has 7 heteroatoms. The molecule has 1 rings (SSSR count). The van der Waals surface area contributed by atoms with Crippen LogP contribution in [0.1, 0.15) is 17.5 Å². The summed E-state index contributed by atoms with van der Waals surface area (Å²) in [6.45, 7) is 0. The number of alkyl halides is 3. The van der Waals surface area contributed by atoms with Gasteiger partial charge in [-0.05, 0) is 24.1 Å². The highest BCUT2D eigenvalue weighted by Crippen LogP contribution is 2.34. The van der Waals surface area contributed by atoms with Crippen LogP contribution in [0.3, 0.4) is 0 Å². The van der Waals surface area contributed by atoms with E-state index in [0.29, 0.717) is 12.1 Å². The minimum atomic E-state index is -5.11. The summed E-state index contributed by atoms with van der Waals surface area (Å²) in [6.07, 6.45) is -5.76. The van der Waals surface area contributed by atoms with Crippen LogP contribution in [0.5, 0.6) is 0 Å². The number of halogens is 5. The molecule has 0 fully saturated rings. The Morgan fingerprint density at radius 3 is 2.00 bits per heavy atom. The number of carbonyl (C=O) groups is 1. The van der Waals surface area contributed by atoms with Crippen molar-refractivity contribution in [1.29, 1.82) is 0 Å². The van der Waals surface area contributed by atoms with E-state index in [2.05, 4.69) is 0 Å². The summed E-state index contributed by atoms with van der Waals surface area (Å²) >= 11 is 0. The summed E-state index contributed by atoms with van der Waals surface area (Å²) in [4.78, 5) is 10.2. The molecule has 94 valence electrons. The summed E-state index contributed by atoms with van der Waals surface area (Å²) in [6, 6.07) is 0.990. The molecule has 1 aromatic carbocycles. The Kier molecular flexibility index (Phi) is 3.69.